The molecule has 3 aromatic rings. The zero-order valence-electron chi connectivity index (χ0n) is 14.2. The first-order valence-electron chi connectivity index (χ1n) is 8.52. The van der Waals surface area contributed by atoms with Gasteiger partial charge in [-0.25, -0.2) is 0 Å². The quantitative estimate of drug-likeness (QED) is 0.711. The zero-order chi connectivity index (χ0) is 17.1. The van der Waals surface area contributed by atoms with Gasteiger partial charge in [-0.1, -0.05) is 35.5 Å². The number of nitrogens with zero attached hydrogens (tertiary/aromatic N) is 5. The lowest BCUT2D eigenvalue weighted by molar-refractivity contribution is -0.0532. The summed E-state index contributed by atoms with van der Waals surface area (Å²) >= 11 is 0. The number of ether oxygens (including phenoxy) is 1. The van der Waals surface area contributed by atoms with Crippen molar-refractivity contribution in [3.8, 4) is 11.4 Å². The van der Waals surface area contributed by atoms with E-state index in [1.165, 1.54) is 0 Å². The van der Waals surface area contributed by atoms with Crippen LogP contribution in [0.2, 0.25) is 0 Å². The summed E-state index contributed by atoms with van der Waals surface area (Å²) in [6.07, 6.45) is 3.84. The molecule has 25 heavy (non-hydrogen) atoms. The van der Waals surface area contributed by atoms with Crippen molar-refractivity contribution in [1.82, 2.24) is 24.8 Å². The van der Waals surface area contributed by atoms with Gasteiger partial charge in [0.15, 0.2) is 0 Å². The lowest BCUT2D eigenvalue weighted by Crippen LogP contribution is -2.45. The number of hydrogen-bond donors (Lipinski definition) is 0. The van der Waals surface area contributed by atoms with Gasteiger partial charge in [-0.2, -0.15) is 10.1 Å². The highest BCUT2D eigenvalue weighted by Gasteiger charge is 2.28. The molecular formula is C18H21N5O2. The Morgan fingerprint density at radius 1 is 1.24 bits per heavy atom. The van der Waals surface area contributed by atoms with Crippen LogP contribution in [-0.4, -0.2) is 50.6 Å². The van der Waals surface area contributed by atoms with Crippen molar-refractivity contribution in [3.05, 3.63) is 54.7 Å². The first-order chi connectivity index (χ1) is 12.3. The molecule has 3 heterocycles. The van der Waals surface area contributed by atoms with E-state index in [1.807, 2.05) is 47.3 Å². The molecule has 0 radical (unpaired) electrons. The van der Waals surface area contributed by atoms with Gasteiger partial charge >= 0.3 is 0 Å². The van der Waals surface area contributed by atoms with E-state index >= 15 is 0 Å². The van der Waals surface area contributed by atoms with Gasteiger partial charge in [0.1, 0.15) is 0 Å². The van der Waals surface area contributed by atoms with E-state index in [2.05, 4.69) is 27.1 Å². The molecule has 2 aromatic heterocycles. The van der Waals surface area contributed by atoms with Gasteiger partial charge < -0.3 is 9.26 Å². The van der Waals surface area contributed by atoms with Crippen molar-refractivity contribution in [2.24, 2.45) is 0 Å². The molecule has 1 aliphatic heterocycles. The molecule has 2 atom stereocenters. The molecule has 1 saturated heterocycles. The topological polar surface area (TPSA) is 69.2 Å². The molecule has 0 aliphatic carbocycles. The van der Waals surface area contributed by atoms with Crippen molar-refractivity contribution >= 4 is 0 Å². The third-order valence-corrected chi connectivity index (χ3v) is 4.50. The van der Waals surface area contributed by atoms with E-state index in [-0.39, 0.29) is 12.1 Å². The second-order valence-corrected chi connectivity index (χ2v) is 6.21. The normalized spacial score (nSPS) is 19.8. The van der Waals surface area contributed by atoms with E-state index in [0.717, 1.165) is 25.2 Å². The van der Waals surface area contributed by atoms with Gasteiger partial charge in [0.2, 0.25) is 11.7 Å². The Balaban J connectivity index is 1.43. The fourth-order valence-electron chi connectivity index (χ4n) is 3.09. The van der Waals surface area contributed by atoms with Crippen LogP contribution in [-0.2, 0) is 11.3 Å². The van der Waals surface area contributed by atoms with Crippen LogP contribution in [0, 0.1) is 0 Å². The third kappa shape index (κ3) is 3.62. The van der Waals surface area contributed by atoms with Crippen LogP contribution < -0.4 is 0 Å². The molecule has 2 unspecified atom stereocenters. The Bertz CT molecular complexity index is 787. The Morgan fingerprint density at radius 3 is 2.92 bits per heavy atom. The van der Waals surface area contributed by atoms with Crippen molar-refractivity contribution in [2.75, 3.05) is 19.7 Å². The second kappa shape index (κ2) is 7.16. The SMILES string of the molecule is CC(c1nc(-c2ccccc2)no1)N1CCOC(Cn2cccn2)C1. The Morgan fingerprint density at radius 2 is 2.12 bits per heavy atom. The standard InChI is InChI=1S/C18H21N5O2/c1-14(18-20-17(21-25-18)15-6-3-2-4-7-15)22-10-11-24-16(12-22)13-23-9-5-8-19-23/h2-9,14,16H,10-13H2,1H3. The van der Waals surface area contributed by atoms with Gasteiger partial charge in [-0.3, -0.25) is 9.58 Å². The summed E-state index contributed by atoms with van der Waals surface area (Å²) in [5.74, 6) is 1.27. The minimum atomic E-state index is 0.0500. The molecule has 0 saturated carbocycles. The maximum absolute atomic E-state index is 5.87. The highest BCUT2D eigenvalue weighted by Crippen LogP contribution is 2.24. The van der Waals surface area contributed by atoms with Crippen molar-refractivity contribution in [2.45, 2.75) is 25.6 Å². The first kappa shape index (κ1) is 16.0. The molecule has 130 valence electrons. The number of rotatable bonds is 5. The summed E-state index contributed by atoms with van der Waals surface area (Å²) in [5.41, 5.74) is 0.961. The average Bonchev–Trinajstić information content (AvgIpc) is 3.34. The summed E-state index contributed by atoms with van der Waals surface area (Å²) in [5, 5.41) is 8.38. The first-order valence-corrected chi connectivity index (χ1v) is 8.52. The average molecular weight is 339 g/mol. The number of hydrogen-bond acceptors (Lipinski definition) is 6. The van der Waals surface area contributed by atoms with Crippen LogP contribution in [0.4, 0.5) is 0 Å². The van der Waals surface area contributed by atoms with Gasteiger partial charge in [0.05, 0.1) is 25.3 Å². The Hall–Kier alpha value is -2.51. The van der Waals surface area contributed by atoms with Gasteiger partial charge in [-0.15, -0.1) is 0 Å². The Labute approximate surface area is 146 Å². The molecule has 7 nitrogen and oxygen atoms in total. The largest absolute Gasteiger partial charge is 0.374 e. The van der Waals surface area contributed by atoms with Gasteiger partial charge in [-0.05, 0) is 13.0 Å². The highest BCUT2D eigenvalue weighted by molar-refractivity contribution is 5.53. The molecule has 0 N–H and O–H groups in total. The molecule has 7 heteroatoms. The molecule has 0 amide bonds. The maximum atomic E-state index is 5.87. The molecule has 1 aromatic carbocycles. The summed E-state index contributed by atoms with van der Waals surface area (Å²) in [4.78, 5) is 6.90. The van der Waals surface area contributed by atoms with Crippen LogP contribution in [0.25, 0.3) is 11.4 Å². The lowest BCUT2D eigenvalue weighted by Gasteiger charge is -2.35. The second-order valence-electron chi connectivity index (χ2n) is 6.21. The number of morpholine rings is 1. The minimum absolute atomic E-state index is 0.0500. The third-order valence-electron chi connectivity index (χ3n) is 4.50. The van der Waals surface area contributed by atoms with E-state index in [0.29, 0.717) is 18.3 Å². The predicted octanol–water partition coefficient (Wildman–Crippen LogP) is 2.40. The van der Waals surface area contributed by atoms with Crippen LogP contribution in [0.15, 0.2) is 53.3 Å². The lowest BCUT2D eigenvalue weighted by atomic mass is 10.2. The minimum Gasteiger partial charge on any atom is -0.374 e. The van der Waals surface area contributed by atoms with E-state index < -0.39 is 0 Å². The monoisotopic (exact) mass is 339 g/mol. The molecule has 1 aliphatic rings. The number of benzene rings is 1. The molecule has 0 bridgehead atoms. The smallest absolute Gasteiger partial charge is 0.244 e. The van der Waals surface area contributed by atoms with Gasteiger partial charge in [0.25, 0.3) is 0 Å². The van der Waals surface area contributed by atoms with Crippen LogP contribution >= 0.6 is 0 Å². The van der Waals surface area contributed by atoms with Crippen LogP contribution in [0.5, 0.6) is 0 Å². The molecule has 1 fully saturated rings. The van der Waals surface area contributed by atoms with E-state index in [1.54, 1.807) is 6.20 Å². The molecule has 4 rings (SSSR count). The molecular weight excluding hydrogens is 318 g/mol. The Kier molecular flexibility index (Phi) is 4.58. The summed E-state index contributed by atoms with van der Waals surface area (Å²) in [6.45, 7) is 5.19. The van der Waals surface area contributed by atoms with Crippen LogP contribution in [0.1, 0.15) is 18.9 Å². The molecule has 0 spiro atoms. The zero-order valence-corrected chi connectivity index (χ0v) is 14.2. The predicted molar refractivity (Wildman–Crippen MR) is 91.7 cm³/mol. The van der Waals surface area contributed by atoms with E-state index in [9.17, 15) is 0 Å². The fourth-order valence-corrected chi connectivity index (χ4v) is 3.09. The fraction of sp³-hybridized carbons (Fsp3) is 0.389. The summed E-state index contributed by atoms with van der Waals surface area (Å²) in [6, 6.07) is 11.8. The van der Waals surface area contributed by atoms with Crippen molar-refractivity contribution in [3.63, 3.8) is 0 Å². The van der Waals surface area contributed by atoms with Crippen molar-refractivity contribution in [1.29, 1.82) is 0 Å². The maximum Gasteiger partial charge on any atom is 0.244 e. The van der Waals surface area contributed by atoms with Crippen molar-refractivity contribution < 1.29 is 9.26 Å². The number of aromatic nitrogens is 4. The summed E-state index contributed by atoms with van der Waals surface area (Å²) in [7, 11) is 0. The van der Waals surface area contributed by atoms with E-state index in [4.69, 9.17) is 9.26 Å². The van der Waals surface area contributed by atoms with Gasteiger partial charge in [0, 0.05) is 31.0 Å². The van der Waals surface area contributed by atoms with Crippen LogP contribution in [0.3, 0.4) is 0 Å². The highest BCUT2D eigenvalue weighted by atomic mass is 16.5. The summed E-state index contributed by atoms with van der Waals surface area (Å²) < 4.78 is 13.3.